The Balaban J connectivity index is 1.74. The van der Waals surface area contributed by atoms with Gasteiger partial charge in [-0.3, -0.25) is 4.79 Å². The highest BCUT2D eigenvalue weighted by atomic mass is 127. The van der Waals surface area contributed by atoms with Gasteiger partial charge in [-0.2, -0.15) is 4.31 Å². The minimum absolute atomic E-state index is 0.000676. The van der Waals surface area contributed by atoms with Crippen molar-refractivity contribution in [2.24, 2.45) is 0 Å². The number of sulfonamides is 1. The van der Waals surface area contributed by atoms with Crippen LogP contribution >= 0.6 is 22.6 Å². The average Bonchev–Trinajstić information content (AvgIpc) is 2.68. The molecule has 0 radical (unpaired) electrons. The summed E-state index contributed by atoms with van der Waals surface area (Å²) in [4.78, 5) is 12.7. The zero-order valence-corrected chi connectivity index (χ0v) is 18.8. The predicted octanol–water partition coefficient (Wildman–Crippen LogP) is 4.12. The highest BCUT2D eigenvalue weighted by Gasteiger charge is 2.30. The third-order valence-corrected chi connectivity index (χ3v) is 7.75. The maximum atomic E-state index is 12.9. The average molecular weight is 514 g/mol. The van der Waals surface area contributed by atoms with E-state index in [1.54, 1.807) is 35.7 Å². The van der Waals surface area contributed by atoms with Crippen molar-refractivity contribution in [3.63, 3.8) is 0 Å². The van der Waals surface area contributed by atoms with Gasteiger partial charge in [0.15, 0.2) is 0 Å². The lowest BCUT2D eigenvalue weighted by Gasteiger charge is -2.32. The lowest BCUT2D eigenvalue weighted by Crippen LogP contribution is -2.41. The van der Waals surface area contributed by atoms with Crippen LogP contribution in [-0.4, -0.2) is 38.3 Å². The Bertz CT molecular complexity index is 961. The summed E-state index contributed by atoms with van der Waals surface area (Å²) in [6.07, 6.45) is 2.81. The van der Waals surface area contributed by atoms with Crippen LogP contribution < -0.4 is 10.1 Å². The number of hydrogen-bond donors (Lipinski definition) is 1. The molecule has 1 aliphatic heterocycles. The highest BCUT2D eigenvalue weighted by molar-refractivity contribution is 14.1. The van der Waals surface area contributed by atoms with Crippen LogP contribution in [0.25, 0.3) is 0 Å². The lowest BCUT2D eigenvalue weighted by molar-refractivity contribution is 0.102. The number of benzene rings is 2. The summed E-state index contributed by atoms with van der Waals surface area (Å²) in [5, 5.41) is 2.82. The van der Waals surface area contributed by atoms with E-state index in [2.05, 4.69) is 27.9 Å². The fraction of sp³-hybridized carbons (Fsp3) is 0.350. The maximum Gasteiger partial charge on any atom is 0.255 e. The number of hydrogen-bond acceptors (Lipinski definition) is 4. The summed E-state index contributed by atoms with van der Waals surface area (Å²) in [7, 11) is -1.95. The molecule has 3 rings (SSSR count). The van der Waals surface area contributed by atoms with Crippen LogP contribution in [0.1, 0.15) is 36.5 Å². The van der Waals surface area contributed by atoms with E-state index in [0.717, 1.165) is 28.6 Å². The molecule has 0 saturated carbocycles. The first-order valence-corrected chi connectivity index (χ1v) is 11.6. The van der Waals surface area contributed by atoms with Gasteiger partial charge in [-0.15, -0.1) is 0 Å². The molecule has 1 amide bonds. The van der Waals surface area contributed by atoms with Gasteiger partial charge in [0.25, 0.3) is 5.91 Å². The maximum absolute atomic E-state index is 12.9. The molecule has 0 aromatic heterocycles. The van der Waals surface area contributed by atoms with Crippen molar-refractivity contribution in [3.05, 3.63) is 51.6 Å². The lowest BCUT2D eigenvalue weighted by atomic mass is 10.1. The van der Waals surface area contributed by atoms with E-state index < -0.39 is 10.0 Å². The van der Waals surface area contributed by atoms with Crippen molar-refractivity contribution in [1.82, 2.24) is 4.31 Å². The molecule has 0 spiro atoms. The minimum Gasteiger partial charge on any atom is -0.496 e. The molecule has 1 saturated heterocycles. The van der Waals surface area contributed by atoms with Gasteiger partial charge in [0, 0.05) is 23.8 Å². The van der Waals surface area contributed by atoms with Crippen LogP contribution in [0.15, 0.2) is 47.4 Å². The van der Waals surface area contributed by atoms with Crippen LogP contribution in [0.2, 0.25) is 0 Å². The number of ether oxygens (including phenoxy) is 1. The van der Waals surface area contributed by atoms with E-state index in [0.29, 0.717) is 17.8 Å². The number of rotatable bonds is 5. The second kappa shape index (κ2) is 8.79. The molecule has 0 aliphatic carbocycles. The SMILES string of the molecule is COc1ccc(NC(=O)c2ccc(S(=O)(=O)N3CCCC[C@@H]3C)cc2)cc1I. The highest BCUT2D eigenvalue weighted by Crippen LogP contribution is 2.26. The predicted molar refractivity (Wildman–Crippen MR) is 117 cm³/mol. The zero-order chi connectivity index (χ0) is 20.3. The van der Waals surface area contributed by atoms with Crippen LogP contribution in [-0.2, 0) is 10.0 Å². The number of halogens is 1. The Kier molecular flexibility index (Phi) is 6.61. The van der Waals surface area contributed by atoms with Crippen molar-refractivity contribution < 1.29 is 17.9 Å². The van der Waals surface area contributed by atoms with Gasteiger partial charge in [-0.05, 0) is 84.8 Å². The monoisotopic (exact) mass is 514 g/mol. The molecule has 0 bridgehead atoms. The Labute approximate surface area is 179 Å². The number of amides is 1. The van der Waals surface area contributed by atoms with E-state index in [1.807, 2.05) is 13.0 Å². The molecule has 0 unspecified atom stereocenters. The molecule has 1 fully saturated rings. The minimum atomic E-state index is -3.54. The van der Waals surface area contributed by atoms with Gasteiger partial charge in [0.05, 0.1) is 15.6 Å². The Hall–Kier alpha value is -1.65. The third-order valence-electron chi connectivity index (χ3n) is 4.87. The van der Waals surface area contributed by atoms with Crippen molar-refractivity contribution in [2.45, 2.75) is 37.1 Å². The second-order valence-corrected chi connectivity index (χ2v) is 9.84. The smallest absolute Gasteiger partial charge is 0.255 e. The quantitative estimate of drug-likeness (QED) is 0.610. The summed E-state index contributed by atoms with van der Waals surface area (Å²) >= 11 is 2.14. The second-order valence-electron chi connectivity index (χ2n) is 6.79. The molecule has 150 valence electrons. The molecular formula is C20H23IN2O4S. The fourth-order valence-corrected chi connectivity index (χ4v) is 5.72. The Morgan fingerprint density at radius 2 is 1.89 bits per heavy atom. The van der Waals surface area contributed by atoms with Gasteiger partial charge in [0.2, 0.25) is 10.0 Å². The van der Waals surface area contributed by atoms with Crippen LogP contribution in [0, 0.1) is 3.57 Å². The van der Waals surface area contributed by atoms with E-state index in [1.165, 1.54) is 12.1 Å². The number of carbonyl (C=O) groups excluding carboxylic acids is 1. The third kappa shape index (κ3) is 4.49. The molecule has 1 N–H and O–H groups in total. The van der Waals surface area contributed by atoms with E-state index >= 15 is 0 Å². The molecule has 6 nitrogen and oxygen atoms in total. The zero-order valence-electron chi connectivity index (χ0n) is 15.8. The van der Waals surface area contributed by atoms with Crippen molar-refractivity contribution in [2.75, 3.05) is 19.0 Å². The van der Waals surface area contributed by atoms with E-state index in [9.17, 15) is 13.2 Å². The number of methoxy groups -OCH3 is 1. The number of nitrogens with zero attached hydrogens (tertiary/aromatic N) is 1. The molecular weight excluding hydrogens is 491 g/mol. The molecule has 1 heterocycles. The van der Waals surface area contributed by atoms with Crippen LogP contribution in [0.4, 0.5) is 5.69 Å². The van der Waals surface area contributed by atoms with Gasteiger partial charge >= 0.3 is 0 Å². The summed E-state index contributed by atoms with van der Waals surface area (Å²) < 4.78 is 33.4. The van der Waals surface area contributed by atoms with E-state index in [4.69, 9.17) is 4.74 Å². The van der Waals surface area contributed by atoms with Crippen molar-refractivity contribution in [3.8, 4) is 5.75 Å². The van der Waals surface area contributed by atoms with Gasteiger partial charge in [-0.1, -0.05) is 6.42 Å². The first kappa shape index (κ1) is 21.1. The molecule has 1 aliphatic rings. The largest absolute Gasteiger partial charge is 0.496 e. The van der Waals surface area contributed by atoms with Gasteiger partial charge in [-0.25, -0.2) is 8.42 Å². The standard InChI is InChI=1S/C20H23IN2O4S/c1-14-5-3-4-12-23(14)28(25,26)17-9-6-15(7-10-17)20(24)22-16-8-11-19(27-2)18(21)13-16/h6-11,13-14H,3-5,12H2,1-2H3,(H,22,24)/t14-/m0/s1. The normalized spacial score (nSPS) is 17.9. The molecule has 2 aromatic rings. The van der Waals surface area contributed by atoms with Crippen LogP contribution in [0.3, 0.4) is 0 Å². The molecule has 2 aromatic carbocycles. The first-order chi connectivity index (χ1) is 13.3. The van der Waals surface area contributed by atoms with Crippen LogP contribution in [0.5, 0.6) is 5.75 Å². The summed E-state index contributed by atoms with van der Waals surface area (Å²) in [5.74, 6) is 0.441. The number of nitrogens with one attached hydrogen (secondary N) is 1. The Morgan fingerprint density at radius 3 is 2.50 bits per heavy atom. The number of carbonyl (C=O) groups is 1. The summed E-state index contributed by atoms with van der Waals surface area (Å²) in [6.45, 7) is 2.48. The number of anilines is 1. The number of piperidine rings is 1. The first-order valence-electron chi connectivity index (χ1n) is 9.09. The molecule has 8 heteroatoms. The summed E-state index contributed by atoms with van der Waals surface area (Å²) in [5.41, 5.74) is 1.05. The van der Waals surface area contributed by atoms with Gasteiger partial charge in [0.1, 0.15) is 5.75 Å². The molecule has 1 atom stereocenters. The van der Waals surface area contributed by atoms with Crippen molar-refractivity contribution >= 4 is 44.2 Å². The van der Waals surface area contributed by atoms with E-state index in [-0.39, 0.29) is 16.8 Å². The van der Waals surface area contributed by atoms with Gasteiger partial charge < -0.3 is 10.1 Å². The topological polar surface area (TPSA) is 75.7 Å². The summed E-state index contributed by atoms with van der Waals surface area (Å²) in [6, 6.07) is 11.5. The fourth-order valence-electron chi connectivity index (χ4n) is 3.29. The molecule has 28 heavy (non-hydrogen) atoms. The van der Waals surface area contributed by atoms with Crippen molar-refractivity contribution in [1.29, 1.82) is 0 Å². The Morgan fingerprint density at radius 1 is 1.18 bits per heavy atom.